The molecule has 0 aliphatic carbocycles. The molecule has 0 saturated heterocycles. The molecule has 1 unspecified atom stereocenters. The number of nitrogens with zero attached hydrogens (tertiary/aromatic N) is 2. The second-order valence-electron chi connectivity index (χ2n) is 8.43. The van der Waals surface area contributed by atoms with Gasteiger partial charge in [-0.1, -0.05) is 51.6 Å². The lowest BCUT2D eigenvalue weighted by Crippen LogP contribution is -2.40. The number of anilines is 1. The highest BCUT2D eigenvalue weighted by atomic mass is 16.3. The van der Waals surface area contributed by atoms with Gasteiger partial charge in [-0.25, -0.2) is 0 Å². The number of amides is 1. The lowest BCUT2D eigenvalue weighted by atomic mass is 10.0. The second kappa shape index (κ2) is 13.3. The first-order valence-electron chi connectivity index (χ1n) is 12.4. The molecule has 192 valence electrons. The smallest absolute Gasteiger partial charge is 0.259 e. The molecule has 0 radical (unpaired) electrons. The Labute approximate surface area is 214 Å². The molecule has 7 heteroatoms. The van der Waals surface area contributed by atoms with E-state index in [1.165, 1.54) is 0 Å². The Morgan fingerprint density at radius 1 is 1.22 bits per heavy atom. The van der Waals surface area contributed by atoms with Crippen LogP contribution in [0.2, 0.25) is 0 Å². The number of allylic oxidation sites excluding steroid dienone is 1. The van der Waals surface area contributed by atoms with Crippen LogP contribution in [0.25, 0.3) is 5.70 Å². The number of hydrogen-bond donors (Lipinski definition) is 3. The van der Waals surface area contributed by atoms with Crippen molar-refractivity contribution >= 4 is 29.3 Å². The molecule has 1 atom stereocenters. The third-order valence-corrected chi connectivity index (χ3v) is 5.91. The Kier molecular flexibility index (Phi) is 10.5. The lowest BCUT2D eigenvalue weighted by Gasteiger charge is -2.28. The molecule has 7 nitrogen and oxygen atoms in total. The number of benzene rings is 2. The highest BCUT2D eigenvalue weighted by molar-refractivity contribution is 6.12. The number of phenols is 1. The molecule has 3 rings (SSSR count). The van der Waals surface area contributed by atoms with E-state index < -0.39 is 6.04 Å². The van der Waals surface area contributed by atoms with E-state index in [4.69, 9.17) is 5.41 Å². The molecule has 0 fully saturated rings. The van der Waals surface area contributed by atoms with Gasteiger partial charge in [-0.3, -0.25) is 9.69 Å². The van der Waals surface area contributed by atoms with Crippen LogP contribution in [0.5, 0.6) is 5.75 Å². The van der Waals surface area contributed by atoms with Crippen LogP contribution in [0.4, 0.5) is 5.69 Å². The number of aldehydes is 1. The molecule has 3 N–H and O–H groups in total. The molecule has 1 aliphatic rings. The third-order valence-electron chi connectivity index (χ3n) is 5.91. The van der Waals surface area contributed by atoms with Gasteiger partial charge in [-0.05, 0) is 49.6 Å². The van der Waals surface area contributed by atoms with Gasteiger partial charge in [-0.2, -0.15) is 0 Å². The Bertz CT molecular complexity index is 1120. The molecule has 1 amide bonds. The van der Waals surface area contributed by atoms with Crippen molar-refractivity contribution in [2.45, 2.75) is 59.5 Å². The Morgan fingerprint density at radius 3 is 2.47 bits per heavy atom. The predicted molar refractivity (Wildman–Crippen MR) is 147 cm³/mol. The van der Waals surface area contributed by atoms with Crippen molar-refractivity contribution < 1.29 is 14.7 Å². The molecule has 1 aliphatic heterocycles. The largest absolute Gasteiger partial charge is 0.508 e. The summed E-state index contributed by atoms with van der Waals surface area (Å²) in [7, 11) is 1.89. The second-order valence-corrected chi connectivity index (χ2v) is 8.43. The minimum Gasteiger partial charge on any atom is -0.508 e. The summed E-state index contributed by atoms with van der Waals surface area (Å²) in [6.07, 6.45) is 4.30. The monoisotopic (exact) mass is 490 g/mol. The summed E-state index contributed by atoms with van der Waals surface area (Å²) in [5, 5.41) is 21.0. The van der Waals surface area contributed by atoms with Crippen LogP contribution in [-0.2, 0) is 11.3 Å². The highest BCUT2D eigenvalue weighted by Gasteiger charge is 2.39. The van der Waals surface area contributed by atoms with Crippen molar-refractivity contribution in [3.8, 4) is 5.75 Å². The molecule has 0 aromatic heterocycles. The molecule has 0 saturated carbocycles. The molecule has 2 aromatic rings. The van der Waals surface area contributed by atoms with Crippen LogP contribution in [0.3, 0.4) is 0 Å². The zero-order chi connectivity index (χ0) is 26.8. The number of aromatic hydroxyl groups is 1. The normalized spacial score (nSPS) is 14.0. The number of phenolic OH excluding ortho intramolecular Hbond substituents is 1. The van der Waals surface area contributed by atoms with E-state index in [1.807, 2.05) is 57.0 Å². The summed E-state index contributed by atoms with van der Waals surface area (Å²) in [4.78, 5) is 28.3. The van der Waals surface area contributed by atoms with Crippen LogP contribution in [-0.4, -0.2) is 45.9 Å². The minimum atomic E-state index is -0.459. The number of rotatable bonds is 11. The van der Waals surface area contributed by atoms with Crippen molar-refractivity contribution in [2.75, 3.05) is 12.4 Å². The van der Waals surface area contributed by atoms with Crippen LogP contribution < -0.4 is 5.32 Å². The third kappa shape index (κ3) is 6.42. The van der Waals surface area contributed by atoms with Crippen molar-refractivity contribution in [2.24, 2.45) is 0 Å². The topological polar surface area (TPSA) is 96.7 Å². The fourth-order valence-corrected chi connectivity index (χ4v) is 4.19. The van der Waals surface area contributed by atoms with E-state index in [-0.39, 0.29) is 11.7 Å². The van der Waals surface area contributed by atoms with E-state index >= 15 is 0 Å². The van der Waals surface area contributed by atoms with Crippen LogP contribution >= 0.6 is 0 Å². The molecule has 36 heavy (non-hydrogen) atoms. The van der Waals surface area contributed by atoms with Crippen LogP contribution in [0.1, 0.15) is 68.4 Å². The van der Waals surface area contributed by atoms with E-state index in [9.17, 15) is 14.7 Å². The van der Waals surface area contributed by atoms with Gasteiger partial charge in [-0.15, -0.1) is 0 Å². The van der Waals surface area contributed by atoms with Crippen molar-refractivity contribution in [1.82, 2.24) is 9.80 Å². The summed E-state index contributed by atoms with van der Waals surface area (Å²) in [5.74, 6) is 0.697. The van der Waals surface area contributed by atoms with E-state index in [0.29, 0.717) is 36.5 Å². The number of fused-ring (bicyclic) bond motifs is 1. The van der Waals surface area contributed by atoms with Crippen LogP contribution in [0, 0.1) is 5.41 Å². The van der Waals surface area contributed by atoms with Crippen molar-refractivity contribution in [1.29, 1.82) is 5.41 Å². The lowest BCUT2D eigenvalue weighted by molar-refractivity contribution is -0.108. The minimum absolute atomic E-state index is 0.140. The quantitative estimate of drug-likeness (QED) is 0.203. The standard InChI is InChI=1S/C27H32N4O3.C2H6/c1-5-8-25-23-10-6-9-20(17-30(4)19(3)29-21-12-14-22(33)15-13-21)26(23)27(34)31(25)24(18(2)28)11-7-16-32;1-2/h6,8-10,12-16,24,28-29,33H,3,5,7,11,17H2,1-2,4H3;1-2H3/b25-8+,28-18?;. The molecular formula is C29H38N4O3. The maximum atomic E-state index is 13.7. The molecule has 0 spiro atoms. The molecular weight excluding hydrogens is 452 g/mol. The fourth-order valence-electron chi connectivity index (χ4n) is 4.19. The Morgan fingerprint density at radius 2 is 1.89 bits per heavy atom. The first kappa shape index (κ1) is 28.4. The summed E-state index contributed by atoms with van der Waals surface area (Å²) in [5.41, 5.74) is 4.30. The molecule has 1 heterocycles. The SMILES string of the molecule is C=C(Nc1ccc(O)cc1)N(C)Cc1cccc2c1C(=O)N(C(CCC=O)C(C)=N)/C2=C/CC.CC. The van der Waals surface area contributed by atoms with Crippen molar-refractivity contribution in [3.63, 3.8) is 0 Å². The summed E-state index contributed by atoms with van der Waals surface area (Å²) < 4.78 is 0. The zero-order valence-electron chi connectivity index (χ0n) is 22.0. The maximum Gasteiger partial charge on any atom is 0.259 e. The number of carbonyl (C=O) groups is 2. The number of hydrogen-bond acceptors (Lipinski definition) is 6. The Hall–Kier alpha value is -3.87. The summed E-state index contributed by atoms with van der Waals surface area (Å²) in [6.45, 7) is 12.3. The van der Waals surface area contributed by atoms with Crippen molar-refractivity contribution in [3.05, 3.63) is 77.6 Å². The number of nitrogens with one attached hydrogen (secondary N) is 2. The average molecular weight is 491 g/mol. The van der Waals surface area contributed by atoms with E-state index in [2.05, 4.69) is 11.9 Å². The van der Waals surface area contributed by atoms with E-state index in [0.717, 1.165) is 35.2 Å². The first-order chi connectivity index (χ1) is 17.3. The van der Waals surface area contributed by atoms with Gasteiger partial charge in [0.25, 0.3) is 5.91 Å². The van der Waals surface area contributed by atoms with Crippen LogP contribution in [0.15, 0.2) is 60.9 Å². The van der Waals surface area contributed by atoms with Gasteiger partial charge in [0.2, 0.25) is 0 Å². The zero-order valence-corrected chi connectivity index (χ0v) is 22.0. The molecule has 2 aromatic carbocycles. The van der Waals surface area contributed by atoms with E-state index in [1.54, 1.807) is 36.1 Å². The summed E-state index contributed by atoms with van der Waals surface area (Å²) in [6, 6.07) is 12.1. The van der Waals surface area contributed by atoms with Gasteiger partial charge in [0, 0.05) is 42.7 Å². The molecule has 0 bridgehead atoms. The summed E-state index contributed by atoms with van der Waals surface area (Å²) >= 11 is 0. The van der Waals surface area contributed by atoms with Gasteiger partial charge in [0.05, 0.1) is 17.4 Å². The fraction of sp³-hybridized carbons (Fsp3) is 0.345. The van der Waals surface area contributed by atoms with Gasteiger partial charge in [0.15, 0.2) is 0 Å². The van der Waals surface area contributed by atoms with Gasteiger partial charge < -0.3 is 25.5 Å². The average Bonchev–Trinajstić information content (AvgIpc) is 3.14. The van der Waals surface area contributed by atoms with Gasteiger partial charge >= 0.3 is 0 Å². The highest BCUT2D eigenvalue weighted by Crippen LogP contribution is 2.38. The van der Waals surface area contributed by atoms with Gasteiger partial charge in [0.1, 0.15) is 12.0 Å². The number of carbonyl (C=O) groups excluding carboxylic acids is 2. The maximum absolute atomic E-state index is 13.7. The first-order valence-corrected chi connectivity index (χ1v) is 12.4. The Balaban J connectivity index is 0.00000222. The predicted octanol–water partition coefficient (Wildman–Crippen LogP) is 6.03.